The molecule has 21 heavy (non-hydrogen) atoms. The molecule has 0 atom stereocenters. The van der Waals surface area contributed by atoms with Crippen LogP contribution in [0.25, 0.3) is 10.3 Å². The lowest BCUT2D eigenvalue weighted by atomic mass is 9.95. The Bertz CT molecular complexity index is 640. The van der Waals surface area contributed by atoms with Gasteiger partial charge in [0.2, 0.25) is 5.91 Å². The van der Waals surface area contributed by atoms with Crippen LogP contribution in [0.15, 0.2) is 12.1 Å². The summed E-state index contributed by atoms with van der Waals surface area (Å²) in [4.78, 5) is 21.2. The summed E-state index contributed by atoms with van der Waals surface area (Å²) in [6.07, 6.45) is 3.53. The van der Waals surface area contributed by atoms with E-state index in [0.29, 0.717) is 22.6 Å². The molecule has 0 spiro atoms. The largest absolute Gasteiger partial charge is 0.381 e. The van der Waals surface area contributed by atoms with Crippen LogP contribution in [0.5, 0.6) is 0 Å². The lowest BCUT2D eigenvalue weighted by Crippen LogP contribution is -2.18. The van der Waals surface area contributed by atoms with Crippen LogP contribution >= 0.6 is 22.9 Å². The third kappa shape index (κ3) is 3.90. The van der Waals surface area contributed by atoms with Crippen LogP contribution in [0.4, 0.5) is 5.13 Å². The SMILES string of the molecule is O=C(CCC1CCOCC1)Nc1nc2ccc(Cl)nc2s1. The minimum atomic E-state index is 0.00615. The molecule has 1 aliphatic heterocycles. The van der Waals surface area contributed by atoms with Crippen molar-refractivity contribution in [3.63, 3.8) is 0 Å². The van der Waals surface area contributed by atoms with Gasteiger partial charge in [0.05, 0.1) is 0 Å². The summed E-state index contributed by atoms with van der Waals surface area (Å²) >= 11 is 7.18. The molecule has 1 saturated heterocycles. The van der Waals surface area contributed by atoms with Gasteiger partial charge in [-0.2, -0.15) is 0 Å². The highest BCUT2D eigenvalue weighted by Gasteiger charge is 2.16. The average Bonchev–Trinajstić information content (AvgIpc) is 2.87. The fourth-order valence-electron chi connectivity index (χ4n) is 2.40. The van der Waals surface area contributed by atoms with E-state index in [9.17, 15) is 4.79 Å². The molecule has 3 rings (SSSR count). The second-order valence-corrected chi connectivity index (χ2v) is 6.48. The summed E-state index contributed by atoms with van der Waals surface area (Å²) in [6, 6.07) is 3.50. The van der Waals surface area contributed by atoms with Crippen LogP contribution in [-0.2, 0) is 9.53 Å². The number of carbonyl (C=O) groups excluding carboxylic acids is 1. The van der Waals surface area contributed by atoms with Crippen molar-refractivity contribution in [2.24, 2.45) is 5.92 Å². The van der Waals surface area contributed by atoms with E-state index in [1.165, 1.54) is 11.3 Å². The quantitative estimate of drug-likeness (QED) is 0.874. The first-order valence-corrected chi connectivity index (χ1v) is 8.21. The molecule has 0 saturated carbocycles. The maximum absolute atomic E-state index is 12.0. The molecule has 0 unspecified atom stereocenters. The van der Waals surface area contributed by atoms with E-state index in [-0.39, 0.29) is 5.91 Å². The first-order valence-electron chi connectivity index (χ1n) is 7.01. The van der Waals surface area contributed by atoms with Gasteiger partial charge in [0.1, 0.15) is 15.5 Å². The number of ether oxygens (including phenoxy) is 1. The van der Waals surface area contributed by atoms with Crippen molar-refractivity contribution in [1.82, 2.24) is 9.97 Å². The summed E-state index contributed by atoms with van der Waals surface area (Å²) in [5.41, 5.74) is 0.754. The third-order valence-corrected chi connectivity index (χ3v) is 4.68. The van der Waals surface area contributed by atoms with Gasteiger partial charge in [-0.05, 0) is 37.3 Å². The Morgan fingerprint density at radius 2 is 2.19 bits per heavy atom. The maximum Gasteiger partial charge on any atom is 0.226 e. The number of rotatable bonds is 4. The zero-order valence-corrected chi connectivity index (χ0v) is 13.0. The van der Waals surface area contributed by atoms with Gasteiger partial charge < -0.3 is 10.1 Å². The van der Waals surface area contributed by atoms with E-state index in [1.54, 1.807) is 12.1 Å². The number of fused-ring (bicyclic) bond motifs is 1. The molecular formula is C14H16ClN3O2S. The average molecular weight is 326 g/mol. The van der Waals surface area contributed by atoms with Crippen molar-refractivity contribution >= 4 is 44.3 Å². The topological polar surface area (TPSA) is 64.1 Å². The van der Waals surface area contributed by atoms with E-state index in [2.05, 4.69) is 15.3 Å². The number of halogens is 1. The smallest absolute Gasteiger partial charge is 0.226 e. The Hall–Kier alpha value is -1.24. The highest BCUT2D eigenvalue weighted by molar-refractivity contribution is 7.22. The molecule has 2 aromatic rings. The number of hydrogen-bond acceptors (Lipinski definition) is 5. The number of amides is 1. The molecule has 2 aromatic heterocycles. The monoisotopic (exact) mass is 325 g/mol. The van der Waals surface area contributed by atoms with Gasteiger partial charge in [0.25, 0.3) is 0 Å². The number of pyridine rings is 1. The number of thiazole rings is 1. The second kappa shape index (κ2) is 6.68. The third-order valence-electron chi connectivity index (χ3n) is 3.59. The molecule has 1 N–H and O–H groups in total. The Balaban J connectivity index is 1.55. The number of carbonyl (C=O) groups is 1. The number of hydrogen-bond donors (Lipinski definition) is 1. The van der Waals surface area contributed by atoms with Gasteiger partial charge in [-0.25, -0.2) is 9.97 Å². The van der Waals surface area contributed by atoms with Crippen LogP contribution in [0.2, 0.25) is 5.15 Å². The lowest BCUT2D eigenvalue weighted by molar-refractivity contribution is -0.116. The van der Waals surface area contributed by atoms with E-state index in [1.807, 2.05) is 0 Å². The molecule has 112 valence electrons. The molecular weight excluding hydrogens is 310 g/mol. The van der Waals surface area contributed by atoms with Crippen LogP contribution in [0, 0.1) is 5.92 Å². The summed E-state index contributed by atoms with van der Waals surface area (Å²) in [7, 11) is 0. The molecule has 7 heteroatoms. The zero-order chi connectivity index (χ0) is 14.7. The number of aromatic nitrogens is 2. The standard InChI is InChI=1S/C14H16ClN3O2S/c15-11-3-2-10-13(17-11)21-14(16-10)18-12(19)4-1-9-5-7-20-8-6-9/h2-3,9H,1,4-8H2,(H,16,18,19). The number of anilines is 1. The van der Waals surface area contributed by atoms with Crippen LogP contribution < -0.4 is 5.32 Å². The van der Waals surface area contributed by atoms with Crippen LogP contribution in [0.3, 0.4) is 0 Å². The first-order chi connectivity index (χ1) is 10.2. The Kier molecular flexibility index (Phi) is 4.67. The molecule has 1 fully saturated rings. The van der Waals surface area contributed by atoms with E-state index in [0.717, 1.165) is 42.8 Å². The summed E-state index contributed by atoms with van der Waals surface area (Å²) in [5.74, 6) is 0.604. The van der Waals surface area contributed by atoms with E-state index >= 15 is 0 Å². The van der Waals surface area contributed by atoms with Crippen molar-refractivity contribution in [1.29, 1.82) is 0 Å². The Morgan fingerprint density at radius 3 is 3.00 bits per heavy atom. The van der Waals surface area contributed by atoms with Gasteiger partial charge in [0.15, 0.2) is 5.13 Å². The normalized spacial score (nSPS) is 16.2. The summed E-state index contributed by atoms with van der Waals surface area (Å²) in [6.45, 7) is 1.63. The van der Waals surface area contributed by atoms with Crippen molar-refractivity contribution in [2.75, 3.05) is 18.5 Å². The Labute approximate surface area is 131 Å². The predicted octanol–water partition coefficient (Wildman–Crippen LogP) is 3.49. The maximum atomic E-state index is 12.0. The van der Waals surface area contributed by atoms with E-state index in [4.69, 9.17) is 16.3 Å². The van der Waals surface area contributed by atoms with Crippen molar-refractivity contribution in [3.05, 3.63) is 17.3 Å². The zero-order valence-electron chi connectivity index (χ0n) is 11.5. The van der Waals surface area contributed by atoms with Crippen molar-refractivity contribution in [2.45, 2.75) is 25.7 Å². The number of nitrogens with one attached hydrogen (secondary N) is 1. The fourth-order valence-corrected chi connectivity index (χ4v) is 3.45. The van der Waals surface area contributed by atoms with Gasteiger partial charge in [-0.3, -0.25) is 4.79 Å². The lowest BCUT2D eigenvalue weighted by Gasteiger charge is -2.21. The molecule has 0 aromatic carbocycles. The minimum absolute atomic E-state index is 0.00615. The van der Waals surface area contributed by atoms with Crippen molar-refractivity contribution < 1.29 is 9.53 Å². The summed E-state index contributed by atoms with van der Waals surface area (Å²) < 4.78 is 5.32. The van der Waals surface area contributed by atoms with Crippen LogP contribution in [-0.4, -0.2) is 29.1 Å². The first kappa shape index (κ1) is 14.7. The highest BCUT2D eigenvalue weighted by atomic mass is 35.5. The second-order valence-electron chi connectivity index (χ2n) is 5.12. The molecule has 0 radical (unpaired) electrons. The highest BCUT2D eigenvalue weighted by Crippen LogP contribution is 2.26. The van der Waals surface area contributed by atoms with E-state index < -0.39 is 0 Å². The molecule has 0 aliphatic carbocycles. The number of nitrogens with zero attached hydrogens (tertiary/aromatic N) is 2. The molecule has 0 bridgehead atoms. The summed E-state index contributed by atoms with van der Waals surface area (Å²) in [5, 5.41) is 3.86. The van der Waals surface area contributed by atoms with Gasteiger partial charge >= 0.3 is 0 Å². The van der Waals surface area contributed by atoms with Crippen molar-refractivity contribution in [3.8, 4) is 0 Å². The molecule has 1 aliphatic rings. The Morgan fingerprint density at radius 1 is 1.38 bits per heavy atom. The van der Waals surface area contributed by atoms with Gasteiger partial charge in [-0.15, -0.1) is 0 Å². The predicted molar refractivity (Wildman–Crippen MR) is 83.8 cm³/mol. The molecule has 3 heterocycles. The van der Waals surface area contributed by atoms with Gasteiger partial charge in [0, 0.05) is 19.6 Å². The minimum Gasteiger partial charge on any atom is -0.381 e. The molecule has 1 amide bonds. The van der Waals surface area contributed by atoms with Gasteiger partial charge in [-0.1, -0.05) is 22.9 Å². The molecule has 5 nitrogen and oxygen atoms in total. The van der Waals surface area contributed by atoms with Crippen LogP contribution in [0.1, 0.15) is 25.7 Å². The fraction of sp³-hybridized carbons (Fsp3) is 0.500.